The number of rotatable bonds is 10. The Kier molecular flexibility index (Phi) is 6.99. The van der Waals surface area contributed by atoms with E-state index in [4.69, 9.17) is 0 Å². The van der Waals surface area contributed by atoms with Gasteiger partial charge in [0.25, 0.3) is 5.56 Å². The fraction of sp³-hybridized carbons (Fsp3) is 0.364. The summed E-state index contributed by atoms with van der Waals surface area (Å²) in [5.74, 6) is 0.634. The van der Waals surface area contributed by atoms with Crippen molar-refractivity contribution < 1.29 is 9.59 Å². The van der Waals surface area contributed by atoms with Crippen LogP contribution in [0.2, 0.25) is 0 Å². The van der Waals surface area contributed by atoms with Crippen LogP contribution in [0.25, 0.3) is 10.8 Å². The van der Waals surface area contributed by atoms with Gasteiger partial charge < -0.3 is 10.6 Å². The van der Waals surface area contributed by atoms with Crippen molar-refractivity contribution in [2.45, 2.75) is 33.1 Å². The van der Waals surface area contributed by atoms with E-state index < -0.39 is 0 Å². The smallest absolute Gasteiger partial charge is 0.272 e. The van der Waals surface area contributed by atoms with Crippen LogP contribution in [0.4, 0.5) is 5.82 Å². The van der Waals surface area contributed by atoms with Gasteiger partial charge in [-0.15, -0.1) is 11.3 Å². The standard InChI is InChI=1S/C22H26N4O3S/c1-22(2,13-23-19(28)11-5-9-17(27)18-10-6-12-30-18)14-24-20-15-7-3-4-8-16(15)21(29)26-25-20/h3-4,6-8,10,12H,5,9,11,13-14H2,1-2H3,(H,23,28)(H,24,25)(H,26,29). The lowest BCUT2D eigenvalue weighted by atomic mass is 9.93. The van der Waals surface area contributed by atoms with E-state index in [-0.39, 0.29) is 22.7 Å². The largest absolute Gasteiger partial charge is 0.368 e. The lowest BCUT2D eigenvalue weighted by molar-refractivity contribution is -0.121. The quantitative estimate of drug-likeness (QED) is 0.430. The van der Waals surface area contributed by atoms with E-state index in [0.29, 0.717) is 43.6 Å². The van der Waals surface area contributed by atoms with Gasteiger partial charge in [0, 0.05) is 31.3 Å². The number of fused-ring (bicyclic) bond motifs is 1. The molecule has 1 amide bonds. The molecule has 0 spiro atoms. The first-order valence-corrected chi connectivity index (χ1v) is 10.8. The van der Waals surface area contributed by atoms with E-state index in [0.717, 1.165) is 10.3 Å². The van der Waals surface area contributed by atoms with Gasteiger partial charge in [0.15, 0.2) is 11.6 Å². The van der Waals surface area contributed by atoms with Gasteiger partial charge >= 0.3 is 0 Å². The molecule has 0 unspecified atom stereocenters. The van der Waals surface area contributed by atoms with Gasteiger partial charge in [-0.05, 0) is 29.3 Å². The van der Waals surface area contributed by atoms with E-state index >= 15 is 0 Å². The summed E-state index contributed by atoms with van der Waals surface area (Å²) in [6.45, 7) is 5.12. The van der Waals surface area contributed by atoms with Crippen LogP contribution in [0.3, 0.4) is 0 Å². The van der Waals surface area contributed by atoms with Crippen molar-refractivity contribution in [1.29, 1.82) is 0 Å². The van der Waals surface area contributed by atoms with Crippen LogP contribution in [0.1, 0.15) is 42.8 Å². The van der Waals surface area contributed by atoms with Crippen molar-refractivity contribution in [2.75, 3.05) is 18.4 Å². The minimum absolute atomic E-state index is 0.0605. The number of thiophene rings is 1. The topological polar surface area (TPSA) is 104 Å². The highest BCUT2D eigenvalue weighted by molar-refractivity contribution is 7.12. The van der Waals surface area contributed by atoms with Crippen molar-refractivity contribution in [3.8, 4) is 0 Å². The minimum Gasteiger partial charge on any atom is -0.368 e. The van der Waals surface area contributed by atoms with E-state index in [1.54, 1.807) is 6.07 Å². The fourth-order valence-electron chi connectivity index (χ4n) is 3.03. The highest BCUT2D eigenvalue weighted by Crippen LogP contribution is 2.20. The molecule has 8 heteroatoms. The number of hydrogen-bond acceptors (Lipinski definition) is 6. The number of H-pyrrole nitrogens is 1. The monoisotopic (exact) mass is 426 g/mol. The summed E-state index contributed by atoms with van der Waals surface area (Å²) in [6.07, 6.45) is 1.24. The van der Waals surface area contributed by atoms with Crippen molar-refractivity contribution in [3.63, 3.8) is 0 Å². The number of benzene rings is 1. The summed E-state index contributed by atoms with van der Waals surface area (Å²) >= 11 is 1.43. The van der Waals surface area contributed by atoms with E-state index in [1.165, 1.54) is 11.3 Å². The first-order valence-electron chi connectivity index (χ1n) is 9.90. The van der Waals surface area contributed by atoms with Gasteiger partial charge in [-0.25, -0.2) is 5.10 Å². The SMILES string of the molecule is CC(C)(CNC(=O)CCCC(=O)c1cccs1)CNc1n[nH]c(=O)c2ccccc12. The van der Waals surface area contributed by atoms with Crippen molar-refractivity contribution in [1.82, 2.24) is 15.5 Å². The number of Topliss-reactive ketones (excluding diaryl/α,β-unsaturated/α-hetero) is 1. The Morgan fingerprint density at radius 3 is 2.57 bits per heavy atom. The average molecular weight is 427 g/mol. The number of nitrogens with one attached hydrogen (secondary N) is 3. The predicted octanol–water partition coefficient (Wildman–Crippen LogP) is 3.59. The Morgan fingerprint density at radius 1 is 1.07 bits per heavy atom. The molecule has 1 aromatic carbocycles. The van der Waals surface area contributed by atoms with Crippen LogP contribution in [-0.2, 0) is 4.79 Å². The van der Waals surface area contributed by atoms with Gasteiger partial charge in [0.2, 0.25) is 5.91 Å². The second kappa shape index (κ2) is 9.67. The molecule has 0 atom stereocenters. The van der Waals surface area contributed by atoms with Crippen molar-refractivity contribution in [2.24, 2.45) is 5.41 Å². The number of aromatic nitrogens is 2. The Hall–Kier alpha value is -3.00. The summed E-state index contributed by atoms with van der Waals surface area (Å²) in [5, 5.41) is 16.1. The summed E-state index contributed by atoms with van der Waals surface area (Å²) < 4.78 is 0. The Bertz CT molecular complexity index is 1070. The molecule has 0 bridgehead atoms. The van der Waals surface area contributed by atoms with E-state index in [9.17, 15) is 14.4 Å². The zero-order chi connectivity index (χ0) is 21.6. The lowest BCUT2D eigenvalue weighted by Crippen LogP contribution is -2.38. The molecule has 2 aromatic heterocycles. The molecule has 3 rings (SSSR count). The number of anilines is 1. The minimum atomic E-state index is -0.235. The maximum Gasteiger partial charge on any atom is 0.272 e. The molecule has 0 aliphatic heterocycles. The molecule has 0 aliphatic rings. The molecule has 0 fully saturated rings. The van der Waals surface area contributed by atoms with Crippen LogP contribution < -0.4 is 16.2 Å². The third-order valence-corrected chi connectivity index (χ3v) is 5.71. The number of amides is 1. The first kappa shape index (κ1) is 21.7. The first-order chi connectivity index (χ1) is 14.4. The number of ketones is 1. The molecule has 0 saturated heterocycles. The molecule has 2 heterocycles. The van der Waals surface area contributed by atoms with Crippen LogP contribution >= 0.6 is 11.3 Å². The van der Waals surface area contributed by atoms with Crippen molar-refractivity contribution in [3.05, 3.63) is 57.0 Å². The van der Waals surface area contributed by atoms with Crippen LogP contribution in [-0.4, -0.2) is 35.0 Å². The number of carbonyl (C=O) groups is 2. The molecule has 0 radical (unpaired) electrons. The van der Waals surface area contributed by atoms with Gasteiger partial charge in [0.1, 0.15) is 0 Å². The summed E-state index contributed by atoms with van der Waals surface area (Å²) in [7, 11) is 0. The molecule has 3 N–H and O–H groups in total. The molecular weight excluding hydrogens is 400 g/mol. The fourth-order valence-corrected chi connectivity index (χ4v) is 3.73. The third kappa shape index (κ3) is 5.76. The van der Waals surface area contributed by atoms with Crippen molar-refractivity contribution >= 4 is 39.6 Å². The van der Waals surface area contributed by atoms with Gasteiger partial charge in [0.05, 0.1) is 10.3 Å². The zero-order valence-electron chi connectivity index (χ0n) is 17.2. The van der Waals surface area contributed by atoms with Crippen LogP contribution in [0.15, 0.2) is 46.6 Å². The molecule has 0 aliphatic carbocycles. The van der Waals surface area contributed by atoms with Crippen LogP contribution in [0.5, 0.6) is 0 Å². The highest BCUT2D eigenvalue weighted by Gasteiger charge is 2.20. The maximum atomic E-state index is 12.2. The average Bonchev–Trinajstić information content (AvgIpc) is 3.27. The Morgan fingerprint density at radius 2 is 1.83 bits per heavy atom. The second-order valence-electron chi connectivity index (χ2n) is 8.00. The number of nitrogens with zero attached hydrogens (tertiary/aromatic N) is 1. The molecule has 30 heavy (non-hydrogen) atoms. The second-order valence-corrected chi connectivity index (χ2v) is 8.94. The molecule has 0 saturated carbocycles. The Labute approximate surface area is 178 Å². The molecule has 3 aromatic rings. The number of hydrogen-bond donors (Lipinski definition) is 3. The maximum absolute atomic E-state index is 12.2. The van der Waals surface area contributed by atoms with Gasteiger partial charge in [-0.3, -0.25) is 14.4 Å². The molecule has 7 nitrogen and oxygen atoms in total. The predicted molar refractivity (Wildman–Crippen MR) is 120 cm³/mol. The molecular formula is C22H26N4O3S. The molecule has 158 valence electrons. The summed E-state index contributed by atoms with van der Waals surface area (Å²) in [5.41, 5.74) is -0.457. The highest BCUT2D eigenvalue weighted by atomic mass is 32.1. The van der Waals surface area contributed by atoms with E-state index in [2.05, 4.69) is 20.8 Å². The van der Waals surface area contributed by atoms with E-state index in [1.807, 2.05) is 49.6 Å². The zero-order valence-corrected chi connectivity index (χ0v) is 18.0. The van der Waals surface area contributed by atoms with Gasteiger partial charge in [-0.1, -0.05) is 38.1 Å². The normalized spacial score (nSPS) is 11.4. The Balaban J connectivity index is 1.45. The lowest BCUT2D eigenvalue weighted by Gasteiger charge is -2.25. The summed E-state index contributed by atoms with van der Waals surface area (Å²) in [6, 6.07) is 11.0. The van der Waals surface area contributed by atoms with Crippen LogP contribution in [0, 0.1) is 5.41 Å². The number of aromatic amines is 1. The van der Waals surface area contributed by atoms with Gasteiger partial charge in [-0.2, -0.15) is 5.10 Å². The number of carbonyl (C=O) groups excluding carboxylic acids is 2. The third-order valence-electron chi connectivity index (χ3n) is 4.80. The summed E-state index contributed by atoms with van der Waals surface area (Å²) in [4.78, 5) is 36.8.